The molecule has 2 amide bonds. The summed E-state index contributed by atoms with van der Waals surface area (Å²) in [4.78, 5) is 25.1. The maximum absolute atomic E-state index is 12.5. The van der Waals surface area contributed by atoms with Crippen LogP contribution >= 0.6 is 24.2 Å². The minimum Gasteiger partial charge on any atom is -0.353 e. The Morgan fingerprint density at radius 3 is 2.50 bits per heavy atom. The standard InChI is InChI=1S/C17H25N3O2S.ClH/c1-11(2)19-16(21)10-23-15-6-4-3-5-13(15)17(22)20-14(9-18)12-7-8-12;/h3-6,11-12,14H,7-10,18H2,1-2H3,(H,19,21)(H,20,22);1H. The van der Waals surface area contributed by atoms with Gasteiger partial charge in [-0.15, -0.1) is 24.2 Å². The van der Waals surface area contributed by atoms with E-state index in [1.807, 2.05) is 32.0 Å². The van der Waals surface area contributed by atoms with Gasteiger partial charge in [0.25, 0.3) is 5.91 Å². The Balaban J connectivity index is 0.00000288. The maximum atomic E-state index is 12.5. The molecular weight excluding hydrogens is 346 g/mol. The summed E-state index contributed by atoms with van der Waals surface area (Å²) in [7, 11) is 0. The first-order valence-electron chi connectivity index (χ1n) is 8.03. The Labute approximate surface area is 153 Å². The highest BCUT2D eigenvalue weighted by Crippen LogP contribution is 2.32. The highest BCUT2D eigenvalue weighted by atomic mass is 35.5. The zero-order chi connectivity index (χ0) is 16.8. The van der Waals surface area contributed by atoms with Gasteiger partial charge >= 0.3 is 0 Å². The molecule has 2 rings (SSSR count). The topological polar surface area (TPSA) is 84.2 Å². The summed E-state index contributed by atoms with van der Waals surface area (Å²) in [6.45, 7) is 4.31. The van der Waals surface area contributed by atoms with Crippen LogP contribution in [0.25, 0.3) is 0 Å². The van der Waals surface area contributed by atoms with Crippen molar-refractivity contribution in [3.05, 3.63) is 29.8 Å². The molecule has 1 unspecified atom stereocenters. The summed E-state index contributed by atoms with van der Waals surface area (Å²) < 4.78 is 0. The van der Waals surface area contributed by atoms with Crippen LogP contribution in [0.2, 0.25) is 0 Å². The molecule has 5 nitrogen and oxygen atoms in total. The van der Waals surface area contributed by atoms with Gasteiger partial charge in [0.05, 0.1) is 11.3 Å². The predicted octanol–water partition coefficient (Wildman–Crippen LogP) is 2.19. The summed E-state index contributed by atoms with van der Waals surface area (Å²) in [6, 6.07) is 7.54. The number of halogens is 1. The number of hydrogen-bond donors (Lipinski definition) is 3. The van der Waals surface area contributed by atoms with Crippen molar-refractivity contribution in [2.24, 2.45) is 11.7 Å². The lowest BCUT2D eigenvalue weighted by Gasteiger charge is -2.17. The Bertz CT molecular complexity index is 565. The van der Waals surface area contributed by atoms with E-state index in [0.717, 1.165) is 17.7 Å². The van der Waals surface area contributed by atoms with Gasteiger partial charge in [-0.25, -0.2) is 0 Å². The molecule has 0 spiro atoms. The van der Waals surface area contributed by atoms with Crippen molar-refractivity contribution in [1.29, 1.82) is 0 Å². The fraction of sp³-hybridized carbons (Fsp3) is 0.529. The number of rotatable bonds is 8. The van der Waals surface area contributed by atoms with E-state index in [0.29, 0.717) is 23.8 Å². The van der Waals surface area contributed by atoms with Crippen molar-refractivity contribution in [3.8, 4) is 0 Å². The van der Waals surface area contributed by atoms with E-state index in [1.165, 1.54) is 11.8 Å². The van der Waals surface area contributed by atoms with Gasteiger partial charge in [0, 0.05) is 23.5 Å². The van der Waals surface area contributed by atoms with Crippen LogP contribution in [0.4, 0.5) is 0 Å². The molecule has 0 heterocycles. The normalized spacial score (nSPS) is 14.7. The second-order valence-corrected chi connectivity index (χ2v) is 7.18. The number of nitrogens with two attached hydrogens (primary N) is 1. The molecule has 0 aliphatic heterocycles. The molecule has 0 bridgehead atoms. The van der Waals surface area contributed by atoms with Crippen molar-refractivity contribution < 1.29 is 9.59 Å². The summed E-state index contributed by atoms with van der Waals surface area (Å²) >= 11 is 1.38. The summed E-state index contributed by atoms with van der Waals surface area (Å²) in [5.41, 5.74) is 6.36. The smallest absolute Gasteiger partial charge is 0.252 e. The van der Waals surface area contributed by atoms with E-state index < -0.39 is 0 Å². The molecule has 24 heavy (non-hydrogen) atoms. The molecule has 0 radical (unpaired) electrons. The Hall–Kier alpha value is -1.24. The van der Waals surface area contributed by atoms with Crippen molar-refractivity contribution in [3.63, 3.8) is 0 Å². The van der Waals surface area contributed by atoms with Gasteiger partial charge in [-0.1, -0.05) is 12.1 Å². The number of hydrogen-bond acceptors (Lipinski definition) is 4. The molecular formula is C17H26ClN3O2S. The third kappa shape index (κ3) is 6.34. The van der Waals surface area contributed by atoms with Crippen LogP contribution in [-0.4, -0.2) is 36.2 Å². The maximum Gasteiger partial charge on any atom is 0.252 e. The quantitative estimate of drug-likeness (QED) is 0.611. The van der Waals surface area contributed by atoms with Crippen LogP contribution in [0, 0.1) is 5.92 Å². The van der Waals surface area contributed by atoms with Crippen molar-refractivity contribution in [1.82, 2.24) is 10.6 Å². The summed E-state index contributed by atoms with van der Waals surface area (Å²) in [6.07, 6.45) is 2.27. The highest BCUT2D eigenvalue weighted by molar-refractivity contribution is 8.00. The first-order valence-corrected chi connectivity index (χ1v) is 9.02. The average molecular weight is 372 g/mol. The van der Waals surface area contributed by atoms with Gasteiger partial charge in [0.2, 0.25) is 5.91 Å². The number of carbonyl (C=O) groups is 2. The zero-order valence-corrected chi connectivity index (χ0v) is 15.7. The van der Waals surface area contributed by atoms with Crippen LogP contribution < -0.4 is 16.4 Å². The van der Waals surface area contributed by atoms with Crippen molar-refractivity contribution >= 4 is 36.0 Å². The number of benzene rings is 1. The van der Waals surface area contributed by atoms with Crippen LogP contribution in [-0.2, 0) is 4.79 Å². The molecule has 4 N–H and O–H groups in total. The molecule has 1 aromatic carbocycles. The van der Waals surface area contributed by atoms with Gasteiger partial charge in [0.15, 0.2) is 0 Å². The fourth-order valence-electron chi connectivity index (χ4n) is 2.40. The number of thioether (sulfide) groups is 1. The molecule has 134 valence electrons. The van der Waals surface area contributed by atoms with Gasteiger partial charge < -0.3 is 16.4 Å². The molecule has 0 aromatic heterocycles. The molecule has 1 fully saturated rings. The van der Waals surface area contributed by atoms with Gasteiger partial charge in [0.1, 0.15) is 0 Å². The van der Waals surface area contributed by atoms with Crippen LogP contribution in [0.5, 0.6) is 0 Å². The fourth-order valence-corrected chi connectivity index (χ4v) is 3.26. The van der Waals surface area contributed by atoms with Crippen molar-refractivity contribution in [2.45, 2.75) is 43.7 Å². The van der Waals surface area contributed by atoms with Gasteiger partial charge in [-0.05, 0) is 44.7 Å². The van der Waals surface area contributed by atoms with E-state index >= 15 is 0 Å². The number of carbonyl (C=O) groups excluding carboxylic acids is 2. The monoisotopic (exact) mass is 371 g/mol. The van der Waals surface area contributed by atoms with E-state index in [-0.39, 0.29) is 36.3 Å². The molecule has 0 saturated heterocycles. The van der Waals surface area contributed by atoms with E-state index in [4.69, 9.17) is 5.73 Å². The Morgan fingerprint density at radius 1 is 1.25 bits per heavy atom. The zero-order valence-electron chi connectivity index (χ0n) is 14.1. The molecule has 7 heteroatoms. The second-order valence-electron chi connectivity index (χ2n) is 6.16. The minimum atomic E-state index is -0.111. The minimum absolute atomic E-state index is 0. The third-order valence-corrected chi connectivity index (χ3v) is 4.78. The van der Waals surface area contributed by atoms with Crippen LogP contribution in [0.3, 0.4) is 0 Å². The third-order valence-electron chi connectivity index (χ3n) is 3.70. The number of nitrogens with one attached hydrogen (secondary N) is 2. The van der Waals surface area contributed by atoms with Gasteiger partial charge in [-0.2, -0.15) is 0 Å². The van der Waals surface area contributed by atoms with E-state index in [1.54, 1.807) is 6.07 Å². The molecule has 1 saturated carbocycles. The molecule has 1 aliphatic rings. The van der Waals surface area contributed by atoms with Crippen LogP contribution in [0.1, 0.15) is 37.0 Å². The van der Waals surface area contributed by atoms with Crippen molar-refractivity contribution in [2.75, 3.05) is 12.3 Å². The van der Waals surface area contributed by atoms with Crippen LogP contribution in [0.15, 0.2) is 29.2 Å². The predicted molar refractivity (Wildman–Crippen MR) is 101 cm³/mol. The Morgan fingerprint density at radius 2 is 1.92 bits per heavy atom. The van der Waals surface area contributed by atoms with E-state index in [2.05, 4.69) is 10.6 Å². The first-order chi connectivity index (χ1) is 11.0. The molecule has 1 atom stereocenters. The highest BCUT2D eigenvalue weighted by Gasteiger charge is 2.31. The number of amides is 2. The Kier molecular flexibility index (Phi) is 8.59. The largest absolute Gasteiger partial charge is 0.353 e. The summed E-state index contributed by atoms with van der Waals surface area (Å²) in [5.74, 6) is 0.670. The molecule has 1 aliphatic carbocycles. The molecule has 1 aromatic rings. The SMILES string of the molecule is CC(C)NC(=O)CSc1ccccc1C(=O)NC(CN)C1CC1.Cl. The first kappa shape index (κ1) is 20.8. The summed E-state index contributed by atoms with van der Waals surface area (Å²) in [5, 5.41) is 5.88. The lowest BCUT2D eigenvalue weighted by atomic mass is 10.1. The lowest BCUT2D eigenvalue weighted by molar-refractivity contribution is -0.119. The van der Waals surface area contributed by atoms with Gasteiger partial charge in [-0.3, -0.25) is 9.59 Å². The lowest BCUT2D eigenvalue weighted by Crippen LogP contribution is -2.41. The second kappa shape index (κ2) is 9.91. The average Bonchev–Trinajstić information content (AvgIpc) is 3.34. The van der Waals surface area contributed by atoms with E-state index in [9.17, 15) is 9.59 Å².